The number of aromatic amines is 1. The molecule has 1 heterocycles. The van der Waals surface area contributed by atoms with E-state index in [9.17, 15) is 4.79 Å². The fraction of sp³-hybridized carbons (Fsp3) is 0.846. The average molecular weight is 413 g/mol. The number of Topliss-reactive ketones (excluding diaryl/α,β-unsaturated/α-hetero) is 1. The van der Waals surface area contributed by atoms with E-state index in [-0.39, 0.29) is 5.41 Å². The molecule has 1 N–H and O–H groups in total. The Labute approximate surface area is 182 Å². The van der Waals surface area contributed by atoms with Crippen LogP contribution in [-0.2, 0) is 16.1 Å². The Kier molecular flexibility index (Phi) is 5.36. The van der Waals surface area contributed by atoms with Gasteiger partial charge in [0.2, 0.25) is 0 Å². The van der Waals surface area contributed by atoms with Crippen LogP contribution < -0.4 is 0 Å². The molecule has 1 aromatic heterocycles. The summed E-state index contributed by atoms with van der Waals surface area (Å²) in [5.41, 5.74) is 0.795. The molecule has 0 radical (unpaired) electrons. The standard InChI is InChI=1S/C26H40N2O2/c1-17(29)21-6-7-22-20-5-4-19-14-18(15-30-16-24-27-12-13-28-24)8-10-25(19,2)23(20)9-11-26(21,22)3/h12-13,18-23H,4-11,14-16H2,1-3H3,(H,27,28)/t18-,19?,20-,21+,22-,23-,25-,26+/m0/s1. The van der Waals surface area contributed by atoms with Crippen molar-refractivity contribution in [2.24, 2.45) is 46.3 Å². The zero-order valence-corrected chi connectivity index (χ0v) is 19.2. The van der Waals surface area contributed by atoms with E-state index in [1.54, 1.807) is 6.20 Å². The van der Waals surface area contributed by atoms with E-state index in [1.807, 2.05) is 13.1 Å². The fourth-order valence-electron chi connectivity index (χ4n) is 8.87. The van der Waals surface area contributed by atoms with Crippen LogP contribution in [-0.4, -0.2) is 22.4 Å². The summed E-state index contributed by atoms with van der Waals surface area (Å²) in [6, 6.07) is 0. The van der Waals surface area contributed by atoms with Crippen LogP contribution in [0.2, 0.25) is 0 Å². The molecule has 4 nitrogen and oxygen atoms in total. The fourth-order valence-corrected chi connectivity index (χ4v) is 8.87. The summed E-state index contributed by atoms with van der Waals surface area (Å²) >= 11 is 0. The van der Waals surface area contributed by atoms with Crippen molar-refractivity contribution >= 4 is 5.78 Å². The van der Waals surface area contributed by atoms with Crippen LogP contribution in [0.4, 0.5) is 0 Å². The minimum Gasteiger partial charge on any atom is -0.373 e. The SMILES string of the molecule is CC(=O)[C@H]1CC[C@H]2[C@@H]3CCC4C[C@@H](COCc5ncc[nH]5)CC[C@]4(C)[C@H]3CC[C@]12C. The number of ketones is 1. The third kappa shape index (κ3) is 3.29. The zero-order valence-electron chi connectivity index (χ0n) is 19.2. The Hall–Kier alpha value is -1.16. The molecule has 8 atom stereocenters. The predicted octanol–water partition coefficient (Wildman–Crippen LogP) is 5.79. The Bertz CT molecular complexity index is 761. The van der Waals surface area contributed by atoms with Gasteiger partial charge in [-0.3, -0.25) is 4.79 Å². The second-order valence-corrected chi connectivity index (χ2v) is 11.6. The second kappa shape index (κ2) is 7.76. The van der Waals surface area contributed by atoms with Gasteiger partial charge in [0.05, 0.1) is 6.61 Å². The first-order valence-corrected chi connectivity index (χ1v) is 12.5. The number of rotatable bonds is 5. The van der Waals surface area contributed by atoms with E-state index in [0.717, 1.165) is 42.5 Å². The lowest BCUT2D eigenvalue weighted by Crippen LogP contribution is -2.54. The highest BCUT2D eigenvalue weighted by Gasteiger charge is 2.60. The van der Waals surface area contributed by atoms with E-state index in [0.29, 0.717) is 29.6 Å². The molecule has 0 aliphatic heterocycles. The van der Waals surface area contributed by atoms with Gasteiger partial charge >= 0.3 is 0 Å². The summed E-state index contributed by atoms with van der Waals surface area (Å²) in [6.07, 6.45) is 15.5. The van der Waals surface area contributed by atoms with Crippen molar-refractivity contribution in [3.05, 3.63) is 18.2 Å². The minimum absolute atomic E-state index is 0.285. The van der Waals surface area contributed by atoms with Crippen LogP contribution in [0.15, 0.2) is 12.4 Å². The van der Waals surface area contributed by atoms with E-state index in [1.165, 1.54) is 51.4 Å². The second-order valence-electron chi connectivity index (χ2n) is 11.6. The first-order valence-electron chi connectivity index (χ1n) is 12.5. The lowest BCUT2D eigenvalue weighted by Gasteiger charge is -2.61. The molecule has 0 spiro atoms. The van der Waals surface area contributed by atoms with Crippen LogP contribution >= 0.6 is 0 Å². The van der Waals surface area contributed by atoms with Gasteiger partial charge in [-0.25, -0.2) is 4.98 Å². The van der Waals surface area contributed by atoms with Gasteiger partial charge in [-0.1, -0.05) is 13.8 Å². The number of fused-ring (bicyclic) bond motifs is 5. The topological polar surface area (TPSA) is 55.0 Å². The van der Waals surface area contributed by atoms with Crippen LogP contribution in [0, 0.1) is 46.3 Å². The van der Waals surface area contributed by atoms with E-state index >= 15 is 0 Å². The van der Waals surface area contributed by atoms with E-state index in [4.69, 9.17) is 4.74 Å². The molecule has 0 aromatic carbocycles. The van der Waals surface area contributed by atoms with Crippen molar-refractivity contribution in [1.29, 1.82) is 0 Å². The van der Waals surface area contributed by atoms with Gasteiger partial charge in [0.1, 0.15) is 18.2 Å². The lowest BCUT2D eigenvalue weighted by atomic mass is 9.44. The van der Waals surface area contributed by atoms with Crippen LogP contribution in [0.25, 0.3) is 0 Å². The predicted molar refractivity (Wildman–Crippen MR) is 118 cm³/mol. The van der Waals surface area contributed by atoms with Crippen LogP contribution in [0.1, 0.15) is 84.4 Å². The zero-order chi connectivity index (χ0) is 20.9. The van der Waals surface area contributed by atoms with Crippen molar-refractivity contribution in [2.75, 3.05) is 6.61 Å². The van der Waals surface area contributed by atoms with Gasteiger partial charge in [-0.05, 0) is 105 Å². The number of ether oxygens (including phenoxy) is 1. The number of carbonyl (C=O) groups excluding carboxylic acids is 1. The molecule has 4 aliphatic carbocycles. The number of carbonyl (C=O) groups is 1. The third-order valence-corrected chi connectivity index (χ3v) is 10.4. The number of nitrogens with zero attached hydrogens (tertiary/aromatic N) is 1. The molecule has 30 heavy (non-hydrogen) atoms. The molecule has 4 aliphatic rings. The number of H-pyrrole nitrogens is 1. The average Bonchev–Trinajstić information content (AvgIpc) is 3.35. The minimum atomic E-state index is 0.285. The highest BCUT2D eigenvalue weighted by Crippen LogP contribution is 2.67. The quantitative estimate of drug-likeness (QED) is 0.666. The van der Waals surface area contributed by atoms with Crippen LogP contribution in [0.3, 0.4) is 0 Å². The molecular formula is C26H40N2O2. The maximum Gasteiger partial charge on any atom is 0.133 e. The molecule has 0 amide bonds. The molecule has 166 valence electrons. The van der Waals surface area contributed by atoms with Crippen molar-refractivity contribution in [1.82, 2.24) is 9.97 Å². The van der Waals surface area contributed by atoms with Crippen molar-refractivity contribution in [2.45, 2.75) is 85.2 Å². The molecule has 5 rings (SSSR count). The molecule has 1 unspecified atom stereocenters. The van der Waals surface area contributed by atoms with Gasteiger partial charge in [-0.15, -0.1) is 0 Å². The Morgan fingerprint density at radius 2 is 1.90 bits per heavy atom. The lowest BCUT2D eigenvalue weighted by molar-refractivity contribution is -0.136. The Morgan fingerprint density at radius 1 is 1.10 bits per heavy atom. The highest BCUT2D eigenvalue weighted by atomic mass is 16.5. The van der Waals surface area contributed by atoms with Crippen LogP contribution in [0.5, 0.6) is 0 Å². The number of hydrogen-bond acceptors (Lipinski definition) is 3. The maximum atomic E-state index is 12.3. The molecule has 4 fully saturated rings. The van der Waals surface area contributed by atoms with Gasteiger partial charge in [0.15, 0.2) is 0 Å². The summed E-state index contributed by atoms with van der Waals surface area (Å²) in [5, 5.41) is 0. The van der Waals surface area contributed by atoms with Gasteiger partial charge in [-0.2, -0.15) is 0 Å². The molecule has 1 aromatic rings. The van der Waals surface area contributed by atoms with Crippen molar-refractivity contribution in [3.63, 3.8) is 0 Å². The van der Waals surface area contributed by atoms with Gasteiger partial charge in [0, 0.05) is 18.3 Å². The summed E-state index contributed by atoms with van der Waals surface area (Å²) in [7, 11) is 0. The van der Waals surface area contributed by atoms with Gasteiger partial charge < -0.3 is 9.72 Å². The monoisotopic (exact) mass is 412 g/mol. The van der Waals surface area contributed by atoms with E-state index < -0.39 is 0 Å². The highest BCUT2D eigenvalue weighted by molar-refractivity contribution is 5.79. The first-order chi connectivity index (χ1) is 14.4. The molecule has 0 saturated heterocycles. The molecule has 4 saturated carbocycles. The number of imidazole rings is 1. The van der Waals surface area contributed by atoms with Gasteiger partial charge in [0.25, 0.3) is 0 Å². The Morgan fingerprint density at radius 3 is 2.67 bits per heavy atom. The number of hydrogen-bond donors (Lipinski definition) is 1. The molecular weight excluding hydrogens is 372 g/mol. The smallest absolute Gasteiger partial charge is 0.133 e. The van der Waals surface area contributed by atoms with E-state index in [2.05, 4.69) is 23.8 Å². The number of aromatic nitrogens is 2. The first kappa shape index (κ1) is 20.7. The molecule has 4 heteroatoms. The Balaban J connectivity index is 1.23. The number of nitrogens with one attached hydrogen (secondary N) is 1. The summed E-state index contributed by atoms with van der Waals surface area (Å²) in [4.78, 5) is 19.7. The summed E-state index contributed by atoms with van der Waals surface area (Å²) in [6.45, 7) is 8.43. The van der Waals surface area contributed by atoms with Crippen molar-refractivity contribution in [3.8, 4) is 0 Å². The molecule has 0 bridgehead atoms. The normalized spacial score (nSPS) is 45.4. The maximum absolute atomic E-state index is 12.3. The summed E-state index contributed by atoms with van der Waals surface area (Å²) < 4.78 is 6.02. The third-order valence-electron chi connectivity index (χ3n) is 10.4. The summed E-state index contributed by atoms with van der Waals surface area (Å²) in [5.74, 6) is 5.81. The largest absolute Gasteiger partial charge is 0.373 e. The van der Waals surface area contributed by atoms with Crippen molar-refractivity contribution < 1.29 is 9.53 Å².